The van der Waals surface area contributed by atoms with Crippen LogP contribution in [0.5, 0.6) is 0 Å². The molecule has 0 bridgehead atoms. The highest BCUT2D eigenvalue weighted by atomic mass is 16.1. The maximum absolute atomic E-state index is 11.0. The first-order valence-electron chi connectivity index (χ1n) is 8.57. The molecule has 0 aromatic heterocycles. The van der Waals surface area contributed by atoms with Crippen molar-refractivity contribution in [1.29, 1.82) is 0 Å². The van der Waals surface area contributed by atoms with Crippen LogP contribution in [-0.4, -0.2) is 6.29 Å². The van der Waals surface area contributed by atoms with Crippen molar-refractivity contribution in [2.75, 3.05) is 4.90 Å². The van der Waals surface area contributed by atoms with E-state index in [2.05, 4.69) is 79.4 Å². The number of aryl methyl sites for hydroxylation is 2. The molecule has 0 amide bonds. The Hall–Kier alpha value is -2.87. The molecule has 2 heteroatoms. The fourth-order valence-electron chi connectivity index (χ4n) is 2.84. The van der Waals surface area contributed by atoms with Crippen molar-refractivity contribution < 1.29 is 4.79 Å². The van der Waals surface area contributed by atoms with Gasteiger partial charge in [-0.2, -0.15) is 0 Å². The van der Waals surface area contributed by atoms with Gasteiger partial charge in [0.2, 0.25) is 0 Å². The van der Waals surface area contributed by atoms with Crippen molar-refractivity contribution in [2.24, 2.45) is 0 Å². The molecule has 0 fully saturated rings. The van der Waals surface area contributed by atoms with Crippen molar-refractivity contribution in [1.82, 2.24) is 0 Å². The molecule has 3 aromatic carbocycles. The Morgan fingerprint density at radius 1 is 0.680 bits per heavy atom. The molecule has 3 aromatic rings. The molecule has 0 saturated carbocycles. The Morgan fingerprint density at radius 3 is 1.40 bits per heavy atom. The number of nitrogens with zero attached hydrogens (tertiary/aromatic N) is 1. The van der Waals surface area contributed by atoms with Gasteiger partial charge in [0, 0.05) is 23.0 Å². The van der Waals surface area contributed by atoms with Crippen LogP contribution in [-0.2, 0) is 4.79 Å². The molecule has 0 N–H and O–H groups in total. The minimum atomic E-state index is -0.0822. The molecule has 1 unspecified atom stereocenters. The topological polar surface area (TPSA) is 20.3 Å². The highest BCUT2D eigenvalue weighted by Gasteiger charge is 2.13. The maximum Gasteiger partial charge on any atom is 0.127 e. The second-order valence-electron chi connectivity index (χ2n) is 6.52. The number of carbonyl (C=O) groups is 1. The summed E-state index contributed by atoms with van der Waals surface area (Å²) in [5.41, 5.74) is 6.82. The van der Waals surface area contributed by atoms with Crippen LogP contribution in [0.25, 0.3) is 0 Å². The Balaban J connectivity index is 2.05. The molecule has 0 aliphatic carbocycles. The number of carbonyl (C=O) groups excluding carboxylic acids is 1. The lowest BCUT2D eigenvalue weighted by Gasteiger charge is -2.26. The van der Waals surface area contributed by atoms with Crippen molar-refractivity contribution in [3.8, 4) is 0 Å². The molecule has 25 heavy (non-hydrogen) atoms. The van der Waals surface area contributed by atoms with Crippen molar-refractivity contribution >= 4 is 23.3 Å². The lowest BCUT2D eigenvalue weighted by Crippen LogP contribution is -2.10. The van der Waals surface area contributed by atoms with E-state index >= 15 is 0 Å². The minimum Gasteiger partial charge on any atom is -0.311 e. The summed E-state index contributed by atoms with van der Waals surface area (Å²) in [5.74, 6) is -0.0822. The predicted molar refractivity (Wildman–Crippen MR) is 105 cm³/mol. The van der Waals surface area contributed by atoms with E-state index < -0.39 is 0 Å². The molecule has 0 radical (unpaired) electrons. The van der Waals surface area contributed by atoms with E-state index in [9.17, 15) is 4.79 Å². The average Bonchev–Trinajstić information content (AvgIpc) is 2.65. The largest absolute Gasteiger partial charge is 0.311 e. The highest BCUT2D eigenvalue weighted by Crippen LogP contribution is 2.35. The zero-order chi connectivity index (χ0) is 17.8. The molecule has 0 aliphatic heterocycles. The average molecular weight is 329 g/mol. The van der Waals surface area contributed by atoms with E-state index in [1.165, 1.54) is 11.1 Å². The SMILES string of the molecule is Cc1ccc(N(c2ccc(C)cc2)c2ccc(C(C)C=O)cc2)cc1. The second-order valence-corrected chi connectivity index (χ2v) is 6.52. The molecule has 2 nitrogen and oxygen atoms in total. The van der Waals surface area contributed by atoms with Gasteiger partial charge in [-0.1, -0.05) is 54.4 Å². The molecular weight excluding hydrogens is 306 g/mol. The summed E-state index contributed by atoms with van der Waals surface area (Å²) in [6.07, 6.45) is 0.979. The van der Waals surface area contributed by atoms with Crippen molar-refractivity contribution in [2.45, 2.75) is 26.7 Å². The normalized spacial score (nSPS) is 11.8. The minimum absolute atomic E-state index is 0.0822. The summed E-state index contributed by atoms with van der Waals surface area (Å²) in [4.78, 5) is 13.3. The molecule has 0 spiro atoms. The Bertz CT molecular complexity index is 787. The van der Waals surface area contributed by atoms with Gasteiger partial charge in [0.1, 0.15) is 6.29 Å². The smallest absolute Gasteiger partial charge is 0.127 e. The lowest BCUT2D eigenvalue weighted by molar-refractivity contribution is -0.108. The number of hydrogen-bond donors (Lipinski definition) is 0. The highest BCUT2D eigenvalue weighted by molar-refractivity contribution is 5.77. The molecule has 126 valence electrons. The van der Waals surface area contributed by atoms with Crippen LogP contribution in [0.3, 0.4) is 0 Å². The summed E-state index contributed by atoms with van der Waals surface area (Å²) in [6, 6.07) is 25.3. The summed E-state index contributed by atoms with van der Waals surface area (Å²) >= 11 is 0. The van der Waals surface area contributed by atoms with Gasteiger partial charge in [-0.3, -0.25) is 0 Å². The first kappa shape index (κ1) is 17.0. The Labute approximate surface area is 149 Å². The molecule has 3 rings (SSSR count). The third-order valence-electron chi connectivity index (χ3n) is 4.47. The number of rotatable bonds is 5. The van der Waals surface area contributed by atoms with Gasteiger partial charge < -0.3 is 9.69 Å². The summed E-state index contributed by atoms with van der Waals surface area (Å²) in [5, 5.41) is 0. The van der Waals surface area contributed by atoms with Gasteiger partial charge >= 0.3 is 0 Å². The summed E-state index contributed by atoms with van der Waals surface area (Å²) in [7, 11) is 0. The zero-order valence-corrected chi connectivity index (χ0v) is 14.9. The van der Waals surface area contributed by atoms with Crippen LogP contribution < -0.4 is 4.90 Å². The fraction of sp³-hybridized carbons (Fsp3) is 0.174. The summed E-state index contributed by atoms with van der Waals surface area (Å²) in [6.45, 7) is 6.10. The lowest BCUT2D eigenvalue weighted by atomic mass is 10.0. The number of benzene rings is 3. The first-order chi connectivity index (χ1) is 12.1. The van der Waals surface area contributed by atoms with Crippen LogP contribution >= 0.6 is 0 Å². The zero-order valence-electron chi connectivity index (χ0n) is 14.9. The van der Waals surface area contributed by atoms with E-state index in [1.54, 1.807) is 0 Å². The van der Waals surface area contributed by atoms with Gasteiger partial charge in [-0.05, 0) is 55.8 Å². The van der Waals surface area contributed by atoms with Gasteiger partial charge in [0.25, 0.3) is 0 Å². The van der Waals surface area contributed by atoms with E-state index in [4.69, 9.17) is 0 Å². The molecule has 1 atom stereocenters. The van der Waals surface area contributed by atoms with Gasteiger partial charge in [0.05, 0.1) is 0 Å². The quantitative estimate of drug-likeness (QED) is 0.529. The molecule has 0 heterocycles. The van der Waals surface area contributed by atoms with Crippen LogP contribution in [0.1, 0.15) is 29.5 Å². The van der Waals surface area contributed by atoms with Crippen LogP contribution in [0, 0.1) is 13.8 Å². The second kappa shape index (κ2) is 7.35. The van der Waals surface area contributed by atoms with E-state index in [1.807, 2.05) is 19.1 Å². The Kier molecular flexibility index (Phi) is 4.99. The predicted octanol–water partition coefficient (Wildman–Crippen LogP) is 6.08. The molecular formula is C23H23NO. The van der Waals surface area contributed by atoms with Crippen molar-refractivity contribution in [3.63, 3.8) is 0 Å². The van der Waals surface area contributed by atoms with Gasteiger partial charge in [-0.15, -0.1) is 0 Å². The summed E-state index contributed by atoms with van der Waals surface area (Å²) < 4.78 is 0. The fourth-order valence-corrected chi connectivity index (χ4v) is 2.84. The number of aldehydes is 1. The standard InChI is InChI=1S/C23H23NO/c1-17-4-10-21(11-5-17)24(22-12-6-18(2)7-13-22)23-14-8-20(9-15-23)19(3)16-25/h4-16,19H,1-3H3. The van der Waals surface area contributed by atoms with Crippen LogP contribution in [0.2, 0.25) is 0 Å². The monoisotopic (exact) mass is 329 g/mol. The number of hydrogen-bond acceptors (Lipinski definition) is 2. The number of anilines is 3. The van der Waals surface area contributed by atoms with Crippen LogP contribution in [0.15, 0.2) is 72.8 Å². The van der Waals surface area contributed by atoms with Crippen molar-refractivity contribution in [3.05, 3.63) is 89.5 Å². The van der Waals surface area contributed by atoms with Gasteiger partial charge in [0.15, 0.2) is 0 Å². The van der Waals surface area contributed by atoms with E-state index in [-0.39, 0.29) is 5.92 Å². The van der Waals surface area contributed by atoms with Crippen LogP contribution in [0.4, 0.5) is 17.1 Å². The van der Waals surface area contributed by atoms with E-state index in [0.717, 1.165) is 28.9 Å². The van der Waals surface area contributed by atoms with E-state index in [0.29, 0.717) is 0 Å². The molecule has 0 saturated heterocycles. The third-order valence-corrected chi connectivity index (χ3v) is 4.47. The first-order valence-corrected chi connectivity index (χ1v) is 8.57. The Morgan fingerprint density at radius 2 is 1.04 bits per heavy atom. The maximum atomic E-state index is 11.0. The molecule has 0 aliphatic rings. The third kappa shape index (κ3) is 3.80. The van der Waals surface area contributed by atoms with Gasteiger partial charge in [-0.25, -0.2) is 0 Å².